The fourth-order valence-electron chi connectivity index (χ4n) is 3.35. The Bertz CT molecular complexity index is 1050. The van der Waals surface area contributed by atoms with Gasteiger partial charge in [-0.1, -0.05) is 25.1 Å². The summed E-state index contributed by atoms with van der Waals surface area (Å²) in [6, 6.07) is 12.8. The Kier molecular flexibility index (Phi) is 4.93. The Hall–Kier alpha value is -3.41. The lowest BCUT2D eigenvalue weighted by atomic mass is 9.99. The number of aromatic amines is 1. The van der Waals surface area contributed by atoms with Crippen LogP contribution in [0.2, 0.25) is 0 Å². The van der Waals surface area contributed by atoms with Crippen molar-refractivity contribution < 1.29 is 5.11 Å². The molecule has 1 aliphatic rings. The number of pyridine rings is 1. The minimum atomic E-state index is -0.145. The van der Waals surface area contributed by atoms with Gasteiger partial charge in [0.1, 0.15) is 17.4 Å². The van der Waals surface area contributed by atoms with Crippen molar-refractivity contribution in [2.45, 2.75) is 19.8 Å². The molecule has 0 saturated heterocycles. The first kappa shape index (κ1) is 18.0. The van der Waals surface area contributed by atoms with Crippen molar-refractivity contribution in [3.63, 3.8) is 0 Å². The zero-order valence-electron chi connectivity index (χ0n) is 15.7. The van der Waals surface area contributed by atoms with Crippen molar-refractivity contribution in [3.8, 4) is 17.1 Å². The quantitative estimate of drug-likeness (QED) is 0.731. The van der Waals surface area contributed by atoms with Gasteiger partial charge in [-0.3, -0.25) is 4.79 Å². The average Bonchev–Trinajstić information content (AvgIpc) is 2.74. The molecule has 1 aromatic carbocycles. The van der Waals surface area contributed by atoms with Crippen molar-refractivity contribution >= 4 is 11.4 Å². The summed E-state index contributed by atoms with van der Waals surface area (Å²) in [5.41, 5.74) is 3.85. The van der Waals surface area contributed by atoms with E-state index in [1.54, 1.807) is 18.3 Å². The highest BCUT2D eigenvalue weighted by atomic mass is 16.3. The highest BCUT2D eigenvalue weighted by Gasteiger charge is 2.15. The average molecular weight is 374 g/mol. The summed E-state index contributed by atoms with van der Waals surface area (Å²) in [6.45, 7) is 3.63. The van der Waals surface area contributed by atoms with Crippen LogP contribution < -0.4 is 10.5 Å². The molecule has 2 N–H and O–H groups in total. The molecule has 0 unspecified atom stereocenters. The zero-order valence-corrected chi connectivity index (χ0v) is 15.7. The van der Waals surface area contributed by atoms with E-state index < -0.39 is 0 Å². The number of H-pyrrole nitrogens is 1. The van der Waals surface area contributed by atoms with Gasteiger partial charge in [0, 0.05) is 36.6 Å². The number of rotatable bonds is 4. The van der Waals surface area contributed by atoms with Crippen molar-refractivity contribution in [1.29, 1.82) is 0 Å². The van der Waals surface area contributed by atoms with Crippen LogP contribution >= 0.6 is 0 Å². The molecule has 0 spiro atoms. The Labute approximate surface area is 163 Å². The maximum Gasteiger partial charge on any atom is 0.251 e. The number of nitrogens with zero attached hydrogens (tertiary/aromatic N) is 3. The summed E-state index contributed by atoms with van der Waals surface area (Å²) < 4.78 is 0. The summed E-state index contributed by atoms with van der Waals surface area (Å²) in [4.78, 5) is 25.8. The Balaban J connectivity index is 1.50. The van der Waals surface area contributed by atoms with Crippen LogP contribution in [-0.2, 0) is 6.42 Å². The monoisotopic (exact) mass is 374 g/mol. The molecule has 0 bridgehead atoms. The van der Waals surface area contributed by atoms with Crippen molar-refractivity contribution in [1.82, 2.24) is 15.0 Å². The van der Waals surface area contributed by atoms with E-state index in [1.807, 2.05) is 31.2 Å². The molecule has 3 heterocycles. The molecule has 4 rings (SSSR count). The van der Waals surface area contributed by atoms with Gasteiger partial charge in [0.15, 0.2) is 0 Å². The Morgan fingerprint density at radius 1 is 1.14 bits per heavy atom. The van der Waals surface area contributed by atoms with E-state index in [0.29, 0.717) is 12.2 Å². The van der Waals surface area contributed by atoms with Gasteiger partial charge in [-0.05, 0) is 48.2 Å². The van der Waals surface area contributed by atoms with Crippen molar-refractivity contribution in [3.05, 3.63) is 76.3 Å². The molecular formula is C22H22N4O2. The molecule has 0 aliphatic carbocycles. The van der Waals surface area contributed by atoms with E-state index in [9.17, 15) is 9.90 Å². The van der Waals surface area contributed by atoms with Crippen LogP contribution in [0.5, 0.6) is 5.75 Å². The number of anilines is 1. The van der Waals surface area contributed by atoms with Gasteiger partial charge in [-0.15, -0.1) is 0 Å². The van der Waals surface area contributed by atoms with Gasteiger partial charge in [-0.25, -0.2) is 9.97 Å². The molecule has 0 fully saturated rings. The highest BCUT2D eigenvalue weighted by Crippen LogP contribution is 2.26. The third-order valence-electron chi connectivity index (χ3n) is 4.95. The predicted molar refractivity (Wildman–Crippen MR) is 110 cm³/mol. The molecule has 0 amide bonds. The minimum Gasteiger partial charge on any atom is -0.508 e. The lowest BCUT2D eigenvalue weighted by molar-refractivity contribution is 0.475. The van der Waals surface area contributed by atoms with Gasteiger partial charge in [0.05, 0.1) is 0 Å². The normalized spacial score (nSPS) is 14.0. The lowest BCUT2D eigenvalue weighted by Crippen LogP contribution is -2.28. The number of nitrogens with one attached hydrogen (secondary N) is 1. The van der Waals surface area contributed by atoms with Crippen LogP contribution in [0, 0.1) is 0 Å². The molecule has 28 heavy (non-hydrogen) atoms. The third-order valence-corrected chi connectivity index (χ3v) is 4.95. The predicted octanol–water partition coefficient (Wildman–Crippen LogP) is 3.39. The lowest BCUT2D eigenvalue weighted by Gasteiger charge is -2.27. The van der Waals surface area contributed by atoms with Crippen LogP contribution in [0.15, 0.2) is 59.5 Å². The summed E-state index contributed by atoms with van der Waals surface area (Å²) in [5.74, 6) is 1.74. The molecule has 1 aliphatic heterocycles. The summed E-state index contributed by atoms with van der Waals surface area (Å²) in [5, 5.41) is 9.43. The SMILES string of the molecule is CCc1cc(=O)[nH]c(-c2ccc(N3CC=C(c4ccc(O)cc4)CC3)nc2)n1. The fourth-order valence-corrected chi connectivity index (χ4v) is 3.35. The van der Waals surface area contributed by atoms with Gasteiger partial charge in [-0.2, -0.15) is 0 Å². The van der Waals surface area contributed by atoms with E-state index in [2.05, 4.69) is 25.9 Å². The first-order chi connectivity index (χ1) is 13.6. The molecular weight excluding hydrogens is 352 g/mol. The molecule has 3 aromatic rings. The smallest absolute Gasteiger partial charge is 0.251 e. The first-order valence-corrected chi connectivity index (χ1v) is 9.42. The summed E-state index contributed by atoms with van der Waals surface area (Å²) in [7, 11) is 0. The number of hydrogen-bond donors (Lipinski definition) is 2. The van der Waals surface area contributed by atoms with E-state index in [4.69, 9.17) is 0 Å². The number of hydrogen-bond acceptors (Lipinski definition) is 5. The maximum atomic E-state index is 11.8. The first-order valence-electron chi connectivity index (χ1n) is 9.42. The van der Waals surface area contributed by atoms with Gasteiger partial charge in [0.25, 0.3) is 5.56 Å². The minimum absolute atomic E-state index is 0.145. The van der Waals surface area contributed by atoms with Crippen molar-refractivity contribution in [2.75, 3.05) is 18.0 Å². The zero-order chi connectivity index (χ0) is 19.5. The number of phenolic OH excluding ortho intramolecular Hbond substituents is 1. The summed E-state index contributed by atoms with van der Waals surface area (Å²) in [6.07, 6.45) is 5.59. The summed E-state index contributed by atoms with van der Waals surface area (Å²) >= 11 is 0. The Morgan fingerprint density at radius 2 is 1.93 bits per heavy atom. The van der Waals surface area contributed by atoms with E-state index in [1.165, 1.54) is 11.6 Å². The maximum absolute atomic E-state index is 11.8. The number of aromatic hydroxyl groups is 1. The van der Waals surface area contributed by atoms with Crippen LogP contribution in [0.25, 0.3) is 17.0 Å². The molecule has 142 valence electrons. The molecule has 0 saturated carbocycles. The van der Waals surface area contributed by atoms with E-state index in [-0.39, 0.29) is 11.3 Å². The second-order valence-electron chi connectivity index (χ2n) is 6.82. The third kappa shape index (κ3) is 3.81. The number of aryl methyl sites for hydroxylation is 1. The Morgan fingerprint density at radius 3 is 2.57 bits per heavy atom. The standard InChI is InChI=1S/C22H22N4O2/c1-2-18-13-21(28)25-22(24-18)17-5-8-20(23-14-17)26-11-9-16(10-12-26)15-3-6-19(27)7-4-15/h3-9,13-14,27H,2,10-12H2,1H3,(H,24,25,28). The van der Waals surface area contributed by atoms with Gasteiger partial charge >= 0.3 is 0 Å². The van der Waals surface area contributed by atoms with E-state index >= 15 is 0 Å². The molecule has 0 radical (unpaired) electrons. The van der Waals surface area contributed by atoms with Gasteiger partial charge in [0.2, 0.25) is 0 Å². The number of phenols is 1. The molecule has 2 aromatic heterocycles. The molecule has 6 heteroatoms. The second-order valence-corrected chi connectivity index (χ2v) is 6.82. The van der Waals surface area contributed by atoms with Crippen LogP contribution in [-0.4, -0.2) is 33.1 Å². The number of benzene rings is 1. The molecule has 6 nitrogen and oxygen atoms in total. The highest BCUT2D eigenvalue weighted by molar-refractivity contribution is 5.69. The van der Waals surface area contributed by atoms with Gasteiger partial charge < -0.3 is 15.0 Å². The topological polar surface area (TPSA) is 82.1 Å². The van der Waals surface area contributed by atoms with Crippen molar-refractivity contribution in [2.24, 2.45) is 0 Å². The molecule has 0 atom stereocenters. The van der Waals surface area contributed by atoms with Crippen LogP contribution in [0.4, 0.5) is 5.82 Å². The van der Waals surface area contributed by atoms with E-state index in [0.717, 1.165) is 42.1 Å². The largest absolute Gasteiger partial charge is 0.508 e. The fraction of sp³-hybridized carbons (Fsp3) is 0.227. The van der Waals surface area contributed by atoms with Crippen LogP contribution in [0.1, 0.15) is 24.6 Å². The van der Waals surface area contributed by atoms with Crippen LogP contribution in [0.3, 0.4) is 0 Å². The number of aromatic nitrogens is 3. The second kappa shape index (κ2) is 7.68.